The van der Waals surface area contributed by atoms with Gasteiger partial charge in [0.1, 0.15) is 11.5 Å². The third-order valence-corrected chi connectivity index (χ3v) is 7.01. The van der Waals surface area contributed by atoms with Crippen molar-refractivity contribution in [3.05, 3.63) is 95.3 Å². The number of hydrazone groups is 1. The SMILES string of the molecule is CCOc1ccc(/C=C2\CCC[C@H]3C2=NN(C(=O)COc2ccccc2F)[C@H]3c2ccc(OCC)cc2)cc1. The van der Waals surface area contributed by atoms with Crippen molar-refractivity contribution in [3.63, 3.8) is 0 Å². The van der Waals surface area contributed by atoms with Gasteiger partial charge >= 0.3 is 0 Å². The molecule has 202 valence electrons. The maximum atomic E-state index is 14.1. The van der Waals surface area contributed by atoms with Gasteiger partial charge in [-0.1, -0.05) is 36.4 Å². The van der Waals surface area contributed by atoms with E-state index in [-0.39, 0.29) is 30.2 Å². The quantitative estimate of drug-likeness (QED) is 0.306. The summed E-state index contributed by atoms with van der Waals surface area (Å²) in [6, 6.07) is 21.6. The molecule has 3 aromatic carbocycles. The van der Waals surface area contributed by atoms with Crippen LogP contribution in [0.25, 0.3) is 6.08 Å². The minimum atomic E-state index is -0.504. The molecule has 7 heteroatoms. The molecule has 3 aromatic rings. The fraction of sp³-hybridized carbons (Fsp3) is 0.312. The second kappa shape index (κ2) is 12.2. The average Bonchev–Trinajstić information content (AvgIpc) is 3.35. The van der Waals surface area contributed by atoms with Crippen molar-refractivity contribution in [3.8, 4) is 17.2 Å². The van der Waals surface area contributed by atoms with Crippen LogP contribution in [0.2, 0.25) is 0 Å². The number of para-hydroxylation sites is 1. The third-order valence-electron chi connectivity index (χ3n) is 7.01. The van der Waals surface area contributed by atoms with Gasteiger partial charge in [0.2, 0.25) is 0 Å². The molecule has 1 heterocycles. The van der Waals surface area contributed by atoms with Gasteiger partial charge in [-0.25, -0.2) is 9.40 Å². The maximum Gasteiger partial charge on any atom is 0.281 e. The molecule has 5 rings (SSSR count). The van der Waals surface area contributed by atoms with E-state index in [9.17, 15) is 9.18 Å². The van der Waals surface area contributed by atoms with E-state index in [2.05, 4.69) is 6.08 Å². The number of amides is 1. The molecule has 0 N–H and O–H groups in total. The topological polar surface area (TPSA) is 60.4 Å². The van der Waals surface area contributed by atoms with Crippen molar-refractivity contribution in [2.45, 2.75) is 39.2 Å². The predicted octanol–water partition coefficient (Wildman–Crippen LogP) is 6.83. The number of allylic oxidation sites excluding steroid dienone is 1. The van der Waals surface area contributed by atoms with Crippen LogP contribution >= 0.6 is 0 Å². The summed E-state index contributed by atoms with van der Waals surface area (Å²) in [7, 11) is 0. The lowest BCUT2D eigenvalue weighted by atomic mass is 9.77. The Morgan fingerprint density at radius 1 is 0.949 bits per heavy atom. The number of benzene rings is 3. The Hall–Kier alpha value is -4.13. The summed E-state index contributed by atoms with van der Waals surface area (Å²) in [5.74, 6) is 0.879. The molecule has 2 atom stereocenters. The first kappa shape index (κ1) is 26.5. The molecule has 2 aliphatic rings. The van der Waals surface area contributed by atoms with E-state index in [4.69, 9.17) is 19.3 Å². The zero-order chi connectivity index (χ0) is 27.2. The number of fused-ring (bicyclic) bond motifs is 1. The molecule has 1 fully saturated rings. The number of halogens is 1. The number of hydrogen-bond acceptors (Lipinski definition) is 5. The van der Waals surface area contributed by atoms with Crippen LogP contribution in [0.1, 0.15) is 50.3 Å². The summed E-state index contributed by atoms with van der Waals surface area (Å²) in [5.41, 5.74) is 4.08. The predicted molar refractivity (Wildman–Crippen MR) is 149 cm³/mol. The van der Waals surface area contributed by atoms with Crippen LogP contribution in [-0.4, -0.2) is 36.4 Å². The fourth-order valence-electron chi connectivity index (χ4n) is 5.26. The Morgan fingerprint density at radius 3 is 2.28 bits per heavy atom. The first-order chi connectivity index (χ1) is 19.1. The highest BCUT2D eigenvalue weighted by molar-refractivity contribution is 6.08. The number of ether oxygens (including phenoxy) is 3. The average molecular weight is 529 g/mol. The minimum absolute atomic E-state index is 0.0445. The smallest absolute Gasteiger partial charge is 0.281 e. The summed E-state index contributed by atoms with van der Waals surface area (Å²) in [6.07, 6.45) is 4.94. The Balaban J connectivity index is 1.45. The Bertz CT molecular complexity index is 1350. The van der Waals surface area contributed by atoms with Crippen molar-refractivity contribution in [1.82, 2.24) is 5.01 Å². The fourth-order valence-corrected chi connectivity index (χ4v) is 5.26. The van der Waals surface area contributed by atoms with Crippen molar-refractivity contribution in [1.29, 1.82) is 0 Å². The van der Waals surface area contributed by atoms with Gasteiger partial charge in [0.25, 0.3) is 5.91 Å². The zero-order valence-corrected chi connectivity index (χ0v) is 22.3. The van der Waals surface area contributed by atoms with E-state index in [0.29, 0.717) is 13.2 Å². The van der Waals surface area contributed by atoms with Crippen LogP contribution in [-0.2, 0) is 4.79 Å². The van der Waals surface area contributed by atoms with E-state index in [1.807, 2.05) is 62.4 Å². The van der Waals surface area contributed by atoms with E-state index < -0.39 is 5.82 Å². The van der Waals surface area contributed by atoms with E-state index in [0.717, 1.165) is 53.2 Å². The van der Waals surface area contributed by atoms with Gasteiger partial charge in [-0.15, -0.1) is 0 Å². The standard InChI is InChI=1S/C32H33FN2O4/c1-3-37-25-16-12-22(13-17-25)20-24-8-7-9-27-31(24)34-35(30(36)21-39-29-11-6-5-10-28(29)33)32(27)23-14-18-26(19-15-23)38-4-2/h5-6,10-20,27,32H,3-4,7-9,21H2,1-2H3/b24-20+/t27-,32-/m0/s1. The van der Waals surface area contributed by atoms with Crippen molar-refractivity contribution < 1.29 is 23.4 Å². The Kier molecular flexibility index (Phi) is 8.25. The monoisotopic (exact) mass is 528 g/mol. The summed E-state index contributed by atoms with van der Waals surface area (Å²) >= 11 is 0. The van der Waals surface area contributed by atoms with Gasteiger partial charge in [0.15, 0.2) is 18.2 Å². The maximum absolute atomic E-state index is 14.1. The number of carbonyl (C=O) groups is 1. The highest BCUT2D eigenvalue weighted by Crippen LogP contribution is 2.44. The van der Waals surface area contributed by atoms with Crippen LogP contribution in [0.15, 0.2) is 83.5 Å². The number of nitrogens with zero attached hydrogens (tertiary/aromatic N) is 2. The molecule has 0 spiro atoms. The summed E-state index contributed by atoms with van der Waals surface area (Å²) in [4.78, 5) is 13.5. The summed E-state index contributed by atoms with van der Waals surface area (Å²) in [6.45, 7) is 4.80. The number of hydrogen-bond donors (Lipinski definition) is 0. The molecule has 0 unspecified atom stereocenters. The minimum Gasteiger partial charge on any atom is -0.494 e. The molecule has 1 saturated carbocycles. The van der Waals surface area contributed by atoms with Crippen molar-refractivity contribution in [2.24, 2.45) is 11.0 Å². The molecule has 0 saturated heterocycles. The van der Waals surface area contributed by atoms with Crippen molar-refractivity contribution in [2.75, 3.05) is 19.8 Å². The molecular weight excluding hydrogens is 495 g/mol. The Labute approximate surface area is 228 Å². The van der Waals surface area contributed by atoms with Gasteiger partial charge in [-0.3, -0.25) is 4.79 Å². The van der Waals surface area contributed by atoms with Crippen LogP contribution in [0.4, 0.5) is 4.39 Å². The highest BCUT2D eigenvalue weighted by Gasteiger charge is 2.43. The zero-order valence-electron chi connectivity index (χ0n) is 22.3. The van der Waals surface area contributed by atoms with E-state index >= 15 is 0 Å². The number of rotatable bonds is 9. The lowest BCUT2D eigenvalue weighted by Crippen LogP contribution is -2.34. The lowest BCUT2D eigenvalue weighted by molar-refractivity contribution is -0.135. The highest BCUT2D eigenvalue weighted by atomic mass is 19.1. The third kappa shape index (κ3) is 5.98. The van der Waals surface area contributed by atoms with Gasteiger partial charge in [-0.05, 0) is 92.3 Å². The van der Waals surface area contributed by atoms with E-state index in [1.165, 1.54) is 17.1 Å². The normalized spacial score (nSPS) is 19.4. The molecule has 1 amide bonds. The van der Waals surface area contributed by atoms with Crippen LogP contribution in [0.3, 0.4) is 0 Å². The molecule has 0 bridgehead atoms. The summed E-state index contributed by atoms with van der Waals surface area (Å²) in [5, 5.41) is 6.42. The first-order valence-corrected chi connectivity index (χ1v) is 13.5. The molecule has 0 radical (unpaired) electrons. The van der Waals surface area contributed by atoms with Crippen LogP contribution in [0, 0.1) is 11.7 Å². The van der Waals surface area contributed by atoms with Gasteiger partial charge in [0.05, 0.1) is 25.0 Å². The summed E-state index contributed by atoms with van der Waals surface area (Å²) < 4.78 is 30.9. The van der Waals surface area contributed by atoms with Gasteiger partial charge < -0.3 is 14.2 Å². The molecule has 6 nitrogen and oxygen atoms in total. The number of carbonyl (C=O) groups excluding carboxylic acids is 1. The largest absolute Gasteiger partial charge is 0.494 e. The van der Waals surface area contributed by atoms with Crippen molar-refractivity contribution >= 4 is 17.7 Å². The second-order valence-electron chi connectivity index (χ2n) is 9.56. The van der Waals surface area contributed by atoms with E-state index in [1.54, 1.807) is 12.1 Å². The lowest BCUT2D eigenvalue weighted by Gasteiger charge is -2.29. The molecule has 39 heavy (non-hydrogen) atoms. The molecule has 1 aliphatic carbocycles. The molecule has 1 aliphatic heterocycles. The molecule has 0 aromatic heterocycles. The van der Waals surface area contributed by atoms with Gasteiger partial charge in [0, 0.05) is 5.92 Å². The second-order valence-corrected chi connectivity index (χ2v) is 9.56. The first-order valence-electron chi connectivity index (χ1n) is 13.5. The molecular formula is C32H33FN2O4. The Morgan fingerprint density at radius 2 is 1.62 bits per heavy atom. The van der Waals surface area contributed by atoms with Crippen LogP contribution < -0.4 is 14.2 Å². The van der Waals surface area contributed by atoms with Gasteiger partial charge in [-0.2, -0.15) is 5.10 Å². The van der Waals surface area contributed by atoms with Crippen LogP contribution in [0.5, 0.6) is 17.2 Å².